The number of aromatic nitrogens is 1. The van der Waals surface area contributed by atoms with Crippen molar-refractivity contribution in [1.82, 2.24) is 4.98 Å². The van der Waals surface area contributed by atoms with E-state index in [9.17, 15) is 9.50 Å². The summed E-state index contributed by atoms with van der Waals surface area (Å²) in [6.45, 7) is 0.567. The molecule has 4 nitrogen and oxygen atoms in total. The molecule has 0 saturated heterocycles. The van der Waals surface area contributed by atoms with Crippen molar-refractivity contribution in [2.75, 3.05) is 25.6 Å². The first kappa shape index (κ1) is 10.9. The minimum Gasteiger partial charge on any atom is -0.389 e. The Kier molecular flexibility index (Phi) is 4.28. The SMILES string of the molecule is COCC(O)CNc1ccnc(F)c1. The van der Waals surface area contributed by atoms with Gasteiger partial charge in [-0.05, 0) is 6.07 Å². The maximum Gasteiger partial charge on any atom is 0.214 e. The van der Waals surface area contributed by atoms with Gasteiger partial charge in [-0.1, -0.05) is 0 Å². The third kappa shape index (κ3) is 3.68. The molecular formula is C9H13FN2O2. The normalized spacial score (nSPS) is 12.5. The molecule has 5 heteroatoms. The van der Waals surface area contributed by atoms with Gasteiger partial charge in [0.15, 0.2) is 0 Å². The predicted octanol–water partition coefficient (Wildman–Crippen LogP) is 0.640. The number of hydrogen-bond acceptors (Lipinski definition) is 4. The van der Waals surface area contributed by atoms with E-state index in [-0.39, 0.29) is 6.61 Å². The fourth-order valence-electron chi connectivity index (χ4n) is 0.999. The van der Waals surface area contributed by atoms with E-state index in [0.717, 1.165) is 0 Å². The molecule has 0 aliphatic heterocycles. The number of aliphatic hydroxyl groups is 1. The predicted molar refractivity (Wildman–Crippen MR) is 50.6 cm³/mol. The van der Waals surface area contributed by atoms with Gasteiger partial charge in [0.25, 0.3) is 0 Å². The van der Waals surface area contributed by atoms with Gasteiger partial charge in [0, 0.05) is 31.6 Å². The minimum atomic E-state index is -0.601. The highest BCUT2D eigenvalue weighted by Crippen LogP contribution is 2.06. The summed E-state index contributed by atoms with van der Waals surface area (Å²) < 4.78 is 17.3. The molecule has 0 saturated carbocycles. The Morgan fingerprint density at radius 3 is 3.14 bits per heavy atom. The minimum absolute atomic E-state index is 0.251. The standard InChI is InChI=1S/C9H13FN2O2/c1-14-6-8(13)5-12-7-2-3-11-9(10)4-7/h2-4,8,13H,5-6H2,1H3,(H,11,12). The second kappa shape index (κ2) is 5.51. The van der Waals surface area contributed by atoms with Gasteiger partial charge in [-0.2, -0.15) is 4.39 Å². The summed E-state index contributed by atoms with van der Waals surface area (Å²) >= 11 is 0. The lowest BCUT2D eigenvalue weighted by atomic mass is 10.3. The lowest BCUT2D eigenvalue weighted by Gasteiger charge is -2.11. The van der Waals surface area contributed by atoms with E-state index in [1.165, 1.54) is 19.4 Å². The van der Waals surface area contributed by atoms with Crippen LogP contribution >= 0.6 is 0 Å². The zero-order valence-corrected chi connectivity index (χ0v) is 7.90. The molecule has 1 rings (SSSR count). The number of ether oxygens (including phenoxy) is 1. The summed E-state index contributed by atoms with van der Waals surface area (Å²) in [6.07, 6.45) is 0.761. The Bertz CT molecular complexity index is 283. The number of nitrogens with one attached hydrogen (secondary N) is 1. The molecule has 0 aromatic carbocycles. The van der Waals surface area contributed by atoms with E-state index >= 15 is 0 Å². The third-order valence-corrected chi connectivity index (χ3v) is 1.63. The van der Waals surface area contributed by atoms with Crippen LogP contribution in [0.3, 0.4) is 0 Å². The van der Waals surface area contributed by atoms with Crippen LogP contribution < -0.4 is 5.32 Å². The maximum atomic E-state index is 12.6. The molecule has 0 aliphatic carbocycles. The van der Waals surface area contributed by atoms with Crippen molar-refractivity contribution in [2.45, 2.75) is 6.10 Å². The first-order chi connectivity index (χ1) is 6.72. The van der Waals surface area contributed by atoms with Gasteiger partial charge in [0.2, 0.25) is 5.95 Å². The Balaban J connectivity index is 2.37. The van der Waals surface area contributed by atoms with Crippen LogP contribution in [-0.2, 0) is 4.74 Å². The van der Waals surface area contributed by atoms with Crippen molar-refractivity contribution < 1.29 is 14.2 Å². The summed E-state index contributed by atoms with van der Waals surface area (Å²) in [4.78, 5) is 3.41. The molecule has 1 aromatic rings. The second-order valence-electron chi connectivity index (χ2n) is 2.86. The number of halogens is 1. The molecule has 1 aromatic heterocycles. The highest BCUT2D eigenvalue weighted by Gasteiger charge is 2.02. The Labute approximate surface area is 81.7 Å². The van der Waals surface area contributed by atoms with Gasteiger partial charge in [-0.15, -0.1) is 0 Å². The molecule has 0 amide bonds. The van der Waals surface area contributed by atoms with Gasteiger partial charge >= 0.3 is 0 Å². The molecule has 0 bridgehead atoms. The largest absolute Gasteiger partial charge is 0.389 e. The molecule has 0 fully saturated rings. The zero-order valence-electron chi connectivity index (χ0n) is 7.90. The van der Waals surface area contributed by atoms with Gasteiger partial charge in [0.05, 0.1) is 12.7 Å². The van der Waals surface area contributed by atoms with Crippen molar-refractivity contribution in [3.63, 3.8) is 0 Å². The van der Waals surface area contributed by atoms with Crippen LogP contribution in [0.1, 0.15) is 0 Å². The Morgan fingerprint density at radius 1 is 1.71 bits per heavy atom. The lowest BCUT2D eigenvalue weighted by Crippen LogP contribution is -2.24. The van der Waals surface area contributed by atoms with E-state index < -0.39 is 12.1 Å². The topological polar surface area (TPSA) is 54.4 Å². The van der Waals surface area contributed by atoms with Crippen molar-refractivity contribution in [2.24, 2.45) is 0 Å². The number of hydrogen-bond donors (Lipinski definition) is 2. The molecule has 1 atom stereocenters. The molecule has 0 aliphatic rings. The Morgan fingerprint density at radius 2 is 2.50 bits per heavy atom. The molecular weight excluding hydrogens is 187 g/mol. The van der Waals surface area contributed by atoms with Crippen LogP contribution in [0, 0.1) is 5.95 Å². The number of methoxy groups -OCH3 is 1. The van der Waals surface area contributed by atoms with Crippen LogP contribution in [0.2, 0.25) is 0 Å². The number of nitrogens with zero attached hydrogens (tertiary/aromatic N) is 1. The molecule has 1 unspecified atom stereocenters. The van der Waals surface area contributed by atoms with Crippen LogP contribution in [0.15, 0.2) is 18.3 Å². The summed E-state index contributed by atoms with van der Waals surface area (Å²) in [5.74, 6) is -0.545. The van der Waals surface area contributed by atoms with E-state index in [0.29, 0.717) is 12.2 Å². The number of rotatable bonds is 5. The highest BCUT2D eigenvalue weighted by atomic mass is 19.1. The fourth-order valence-corrected chi connectivity index (χ4v) is 0.999. The van der Waals surface area contributed by atoms with Gasteiger partial charge in [-0.25, -0.2) is 4.98 Å². The summed E-state index contributed by atoms with van der Waals surface area (Å²) in [5, 5.41) is 12.1. The molecule has 0 spiro atoms. The highest BCUT2D eigenvalue weighted by molar-refractivity contribution is 5.41. The van der Waals surface area contributed by atoms with Crippen molar-refractivity contribution in [3.8, 4) is 0 Å². The molecule has 1 heterocycles. The van der Waals surface area contributed by atoms with Gasteiger partial charge < -0.3 is 15.2 Å². The first-order valence-electron chi connectivity index (χ1n) is 4.25. The summed E-state index contributed by atoms with van der Waals surface area (Å²) in [6, 6.07) is 2.89. The van der Waals surface area contributed by atoms with Gasteiger partial charge in [0.1, 0.15) is 0 Å². The van der Waals surface area contributed by atoms with Gasteiger partial charge in [-0.3, -0.25) is 0 Å². The summed E-state index contributed by atoms with van der Waals surface area (Å²) in [7, 11) is 1.51. The van der Waals surface area contributed by atoms with Crippen LogP contribution in [0.4, 0.5) is 10.1 Å². The van der Waals surface area contributed by atoms with Crippen molar-refractivity contribution >= 4 is 5.69 Å². The molecule has 78 valence electrons. The number of aliphatic hydroxyl groups excluding tert-OH is 1. The third-order valence-electron chi connectivity index (χ3n) is 1.63. The lowest BCUT2D eigenvalue weighted by molar-refractivity contribution is 0.0727. The number of pyridine rings is 1. The average Bonchev–Trinajstić information content (AvgIpc) is 2.15. The first-order valence-corrected chi connectivity index (χ1v) is 4.25. The molecule has 0 radical (unpaired) electrons. The van der Waals surface area contributed by atoms with E-state index in [2.05, 4.69) is 10.3 Å². The van der Waals surface area contributed by atoms with E-state index in [4.69, 9.17) is 4.74 Å². The number of anilines is 1. The van der Waals surface area contributed by atoms with E-state index in [1.54, 1.807) is 6.07 Å². The van der Waals surface area contributed by atoms with Crippen molar-refractivity contribution in [3.05, 3.63) is 24.3 Å². The van der Waals surface area contributed by atoms with Crippen LogP contribution in [-0.4, -0.2) is 36.5 Å². The molecule has 14 heavy (non-hydrogen) atoms. The fraction of sp³-hybridized carbons (Fsp3) is 0.444. The monoisotopic (exact) mass is 200 g/mol. The smallest absolute Gasteiger partial charge is 0.214 e. The zero-order chi connectivity index (χ0) is 10.4. The van der Waals surface area contributed by atoms with Crippen molar-refractivity contribution in [1.29, 1.82) is 0 Å². The molecule has 2 N–H and O–H groups in total. The average molecular weight is 200 g/mol. The van der Waals surface area contributed by atoms with Crippen LogP contribution in [0.5, 0.6) is 0 Å². The Hall–Kier alpha value is -1.20. The second-order valence-corrected chi connectivity index (χ2v) is 2.86. The maximum absolute atomic E-state index is 12.6. The quantitative estimate of drug-likeness (QED) is 0.685. The van der Waals surface area contributed by atoms with E-state index in [1.807, 2.05) is 0 Å². The van der Waals surface area contributed by atoms with Crippen LogP contribution in [0.25, 0.3) is 0 Å². The summed E-state index contributed by atoms with van der Waals surface area (Å²) in [5.41, 5.74) is 0.590.